The van der Waals surface area contributed by atoms with E-state index >= 15 is 0 Å². The lowest BCUT2D eigenvalue weighted by molar-refractivity contribution is -0.124. The number of hydrogen-bond acceptors (Lipinski definition) is 5. The molecule has 0 aliphatic rings. The van der Waals surface area contributed by atoms with Crippen molar-refractivity contribution in [3.63, 3.8) is 0 Å². The first-order valence-electron chi connectivity index (χ1n) is 6.22. The Morgan fingerprint density at radius 1 is 1.05 bits per heavy atom. The maximum atomic E-state index is 5.40. The molecule has 0 radical (unpaired) electrons. The summed E-state index contributed by atoms with van der Waals surface area (Å²) in [6.07, 6.45) is -0.402. The van der Waals surface area contributed by atoms with Gasteiger partial charge in [0, 0.05) is 19.8 Å². The van der Waals surface area contributed by atoms with E-state index in [1.807, 2.05) is 25.1 Å². The highest BCUT2D eigenvalue weighted by Crippen LogP contribution is 2.32. The van der Waals surface area contributed by atoms with Crippen LogP contribution in [0.5, 0.6) is 11.5 Å². The fourth-order valence-corrected chi connectivity index (χ4v) is 2.02. The molecule has 5 nitrogen and oxygen atoms in total. The summed E-state index contributed by atoms with van der Waals surface area (Å²) in [5.74, 6) is 1.54. The molecule has 0 aliphatic carbocycles. The van der Waals surface area contributed by atoms with E-state index in [-0.39, 0.29) is 6.04 Å². The zero-order chi connectivity index (χ0) is 14.3. The van der Waals surface area contributed by atoms with Crippen LogP contribution in [0.3, 0.4) is 0 Å². The molecule has 0 saturated carbocycles. The molecule has 0 aromatic heterocycles. The predicted molar refractivity (Wildman–Crippen MR) is 73.8 cm³/mol. The van der Waals surface area contributed by atoms with Gasteiger partial charge < -0.3 is 24.3 Å². The van der Waals surface area contributed by atoms with Gasteiger partial charge in [0.1, 0.15) is 11.5 Å². The molecule has 0 fully saturated rings. The van der Waals surface area contributed by atoms with Crippen LogP contribution in [0.25, 0.3) is 0 Å². The topological polar surface area (TPSA) is 49.0 Å². The molecule has 0 bridgehead atoms. The zero-order valence-corrected chi connectivity index (χ0v) is 12.2. The van der Waals surface area contributed by atoms with Crippen LogP contribution >= 0.6 is 0 Å². The van der Waals surface area contributed by atoms with Crippen molar-refractivity contribution in [3.05, 3.63) is 23.8 Å². The molecule has 1 rings (SSSR count). The lowest BCUT2D eigenvalue weighted by Gasteiger charge is -2.27. The van der Waals surface area contributed by atoms with E-state index in [9.17, 15) is 0 Å². The van der Waals surface area contributed by atoms with E-state index < -0.39 is 6.29 Å². The van der Waals surface area contributed by atoms with Gasteiger partial charge in [0.25, 0.3) is 0 Å². The van der Waals surface area contributed by atoms with Gasteiger partial charge in [-0.3, -0.25) is 0 Å². The Bertz CT molecular complexity index is 380. The van der Waals surface area contributed by atoms with Gasteiger partial charge in [-0.25, -0.2) is 0 Å². The van der Waals surface area contributed by atoms with Crippen molar-refractivity contribution < 1.29 is 18.9 Å². The van der Waals surface area contributed by atoms with Crippen LogP contribution in [-0.4, -0.2) is 41.3 Å². The van der Waals surface area contributed by atoms with Gasteiger partial charge in [-0.15, -0.1) is 0 Å². The molecule has 1 aromatic carbocycles. The van der Waals surface area contributed by atoms with Gasteiger partial charge >= 0.3 is 0 Å². The Morgan fingerprint density at radius 2 is 1.74 bits per heavy atom. The summed E-state index contributed by atoms with van der Waals surface area (Å²) in [5.41, 5.74) is 0.942. The quantitative estimate of drug-likeness (QED) is 0.731. The lowest BCUT2D eigenvalue weighted by atomic mass is 10.0. The SMILES string of the molecule is CCNC(c1cc(OC)ccc1OC)C(OC)OC. The second-order valence-electron chi connectivity index (χ2n) is 3.98. The van der Waals surface area contributed by atoms with Gasteiger partial charge in [0.15, 0.2) is 6.29 Å². The van der Waals surface area contributed by atoms with Gasteiger partial charge in [-0.05, 0) is 24.7 Å². The Labute approximate surface area is 114 Å². The maximum absolute atomic E-state index is 5.40. The Hall–Kier alpha value is -1.30. The molecule has 0 heterocycles. The number of methoxy groups -OCH3 is 4. The predicted octanol–water partition coefficient (Wildman–Crippen LogP) is 1.97. The van der Waals surface area contributed by atoms with Crippen molar-refractivity contribution in [3.8, 4) is 11.5 Å². The molecule has 1 unspecified atom stereocenters. The maximum Gasteiger partial charge on any atom is 0.176 e. The third kappa shape index (κ3) is 3.83. The molecule has 1 atom stereocenters. The van der Waals surface area contributed by atoms with Crippen LogP contribution in [0.15, 0.2) is 18.2 Å². The molecule has 0 spiro atoms. The summed E-state index contributed by atoms with van der Waals surface area (Å²) in [6, 6.07) is 5.53. The van der Waals surface area contributed by atoms with E-state index in [2.05, 4.69) is 5.32 Å². The van der Waals surface area contributed by atoms with Crippen molar-refractivity contribution in [2.75, 3.05) is 35.0 Å². The third-order valence-electron chi connectivity index (χ3n) is 2.93. The summed E-state index contributed by atoms with van der Waals surface area (Å²) in [6.45, 7) is 2.82. The fraction of sp³-hybridized carbons (Fsp3) is 0.571. The van der Waals surface area contributed by atoms with Gasteiger partial charge in [-0.1, -0.05) is 6.92 Å². The molecular formula is C14H23NO4. The summed E-state index contributed by atoms with van der Waals surface area (Å²) in [4.78, 5) is 0. The second kappa shape index (κ2) is 7.99. The minimum absolute atomic E-state index is 0.134. The normalized spacial score (nSPS) is 12.5. The molecule has 5 heteroatoms. The highest BCUT2D eigenvalue weighted by molar-refractivity contribution is 5.42. The summed E-state index contributed by atoms with van der Waals surface area (Å²) < 4.78 is 21.4. The van der Waals surface area contributed by atoms with Gasteiger partial charge in [-0.2, -0.15) is 0 Å². The van der Waals surface area contributed by atoms with E-state index in [4.69, 9.17) is 18.9 Å². The van der Waals surface area contributed by atoms with E-state index in [1.54, 1.807) is 28.4 Å². The van der Waals surface area contributed by atoms with E-state index in [0.29, 0.717) is 0 Å². The number of benzene rings is 1. The summed E-state index contributed by atoms with van der Waals surface area (Å²) in [7, 11) is 6.51. The van der Waals surface area contributed by atoms with Crippen molar-refractivity contribution in [2.45, 2.75) is 19.3 Å². The average molecular weight is 269 g/mol. The molecule has 0 amide bonds. The lowest BCUT2D eigenvalue weighted by Crippen LogP contribution is -2.34. The van der Waals surface area contributed by atoms with Crippen LogP contribution in [-0.2, 0) is 9.47 Å². The molecule has 19 heavy (non-hydrogen) atoms. The number of nitrogens with one attached hydrogen (secondary N) is 1. The minimum Gasteiger partial charge on any atom is -0.497 e. The number of ether oxygens (including phenoxy) is 4. The van der Waals surface area contributed by atoms with Crippen molar-refractivity contribution in [1.29, 1.82) is 0 Å². The molecule has 0 aliphatic heterocycles. The van der Waals surface area contributed by atoms with E-state index in [1.165, 1.54) is 0 Å². The monoisotopic (exact) mass is 269 g/mol. The average Bonchev–Trinajstić information content (AvgIpc) is 2.46. The first-order chi connectivity index (χ1) is 9.21. The number of rotatable bonds is 8. The van der Waals surface area contributed by atoms with E-state index in [0.717, 1.165) is 23.6 Å². The van der Waals surface area contributed by atoms with Crippen LogP contribution in [0.1, 0.15) is 18.5 Å². The molecule has 108 valence electrons. The van der Waals surface area contributed by atoms with Crippen molar-refractivity contribution >= 4 is 0 Å². The Kier molecular flexibility index (Phi) is 6.62. The highest BCUT2D eigenvalue weighted by Gasteiger charge is 2.25. The highest BCUT2D eigenvalue weighted by atomic mass is 16.7. The smallest absolute Gasteiger partial charge is 0.176 e. The Balaban J connectivity index is 3.18. The van der Waals surface area contributed by atoms with Crippen LogP contribution in [0.4, 0.5) is 0 Å². The first-order valence-corrected chi connectivity index (χ1v) is 6.22. The molecule has 0 saturated heterocycles. The van der Waals surface area contributed by atoms with Gasteiger partial charge in [0.05, 0.1) is 20.3 Å². The van der Waals surface area contributed by atoms with Crippen LogP contribution in [0, 0.1) is 0 Å². The zero-order valence-electron chi connectivity index (χ0n) is 12.2. The van der Waals surface area contributed by atoms with Crippen molar-refractivity contribution in [2.24, 2.45) is 0 Å². The first kappa shape index (κ1) is 15.8. The molecule has 1 N–H and O–H groups in total. The molecular weight excluding hydrogens is 246 g/mol. The van der Waals surface area contributed by atoms with Crippen LogP contribution in [0.2, 0.25) is 0 Å². The summed E-state index contributed by atoms with van der Waals surface area (Å²) >= 11 is 0. The fourth-order valence-electron chi connectivity index (χ4n) is 2.02. The second-order valence-corrected chi connectivity index (χ2v) is 3.98. The third-order valence-corrected chi connectivity index (χ3v) is 2.93. The molecule has 1 aromatic rings. The standard InChI is InChI=1S/C14H23NO4/c1-6-15-13(14(18-4)19-5)11-9-10(16-2)7-8-12(11)17-3/h7-9,13-15H,6H2,1-5H3. The Morgan fingerprint density at radius 3 is 2.21 bits per heavy atom. The number of likely N-dealkylation sites (N-methyl/N-ethyl adjacent to an activating group) is 1. The largest absolute Gasteiger partial charge is 0.497 e. The van der Waals surface area contributed by atoms with Crippen LogP contribution < -0.4 is 14.8 Å². The minimum atomic E-state index is -0.402. The van der Waals surface area contributed by atoms with Gasteiger partial charge in [0.2, 0.25) is 0 Å². The van der Waals surface area contributed by atoms with Crippen molar-refractivity contribution in [1.82, 2.24) is 5.32 Å². The summed E-state index contributed by atoms with van der Waals surface area (Å²) in [5, 5.41) is 3.34. The number of hydrogen-bond donors (Lipinski definition) is 1.